The molecule has 90 valence electrons. The van der Waals surface area contributed by atoms with Crippen molar-refractivity contribution < 1.29 is 24.8 Å². The van der Waals surface area contributed by atoms with Crippen molar-refractivity contribution in [1.82, 2.24) is 0 Å². The van der Waals surface area contributed by atoms with Crippen LogP contribution in [0.5, 0.6) is 0 Å². The highest BCUT2D eigenvalue weighted by molar-refractivity contribution is 4.89. The van der Waals surface area contributed by atoms with Crippen LogP contribution in [-0.2, 0) is 9.47 Å². The monoisotopic (exact) mass is 220 g/mol. The molecule has 1 heterocycles. The van der Waals surface area contributed by atoms with E-state index in [1.165, 1.54) is 7.11 Å². The van der Waals surface area contributed by atoms with Crippen molar-refractivity contribution in [3.63, 3.8) is 0 Å². The third-order valence-electron chi connectivity index (χ3n) is 2.60. The fourth-order valence-electron chi connectivity index (χ4n) is 1.77. The summed E-state index contributed by atoms with van der Waals surface area (Å²) in [6.45, 7) is 3.99. The number of aliphatic hydroxyl groups is 3. The molecule has 0 aromatic rings. The van der Waals surface area contributed by atoms with Crippen molar-refractivity contribution in [2.24, 2.45) is 5.92 Å². The van der Waals surface area contributed by atoms with Crippen LogP contribution in [0.2, 0.25) is 0 Å². The summed E-state index contributed by atoms with van der Waals surface area (Å²) in [5.41, 5.74) is 0. The molecular weight excluding hydrogens is 200 g/mol. The minimum Gasteiger partial charge on any atom is -0.388 e. The van der Waals surface area contributed by atoms with E-state index < -0.39 is 30.7 Å². The van der Waals surface area contributed by atoms with Crippen LogP contribution in [0.15, 0.2) is 0 Å². The molecule has 5 nitrogen and oxygen atoms in total. The molecule has 1 aliphatic rings. The van der Waals surface area contributed by atoms with Crippen LogP contribution in [0.4, 0.5) is 0 Å². The van der Waals surface area contributed by atoms with Gasteiger partial charge in [0.05, 0.1) is 6.10 Å². The summed E-state index contributed by atoms with van der Waals surface area (Å²) in [7, 11) is 1.39. The highest BCUT2D eigenvalue weighted by Gasteiger charge is 2.43. The Morgan fingerprint density at radius 2 is 1.73 bits per heavy atom. The van der Waals surface area contributed by atoms with Crippen molar-refractivity contribution in [3.8, 4) is 0 Å². The molecule has 15 heavy (non-hydrogen) atoms. The van der Waals surface area contributed by atoms with E-state index >= 15 is 0 Å². The van der Waals surface area contributed by atoms with Crippen molar-refractivity contribution in [2.75, 3.05) is 7.11 Å². The van der Waals surface area contributed by atoms with Crippen molar-refractivity contribution in [1.29, 1.82) is 0 Å². The summed E-state index contributed by atoms with van der Waals surface area (Å²) in [5.74, 6) is 0.338. The van der Waals surface area contributed by atoms with Gasteiger partial charge in [0.1, 0.15) is 18.3 Å². The molecule has 5 heteroatoms. The van der Waals surface area contributed by atoms with Gasteiger partial charge in [-0.25, -0.2) is 0 Å². The van der Waals surface area contributed by atoms with E-state index in [1.54, 1.807) is 0 Å². The minimum atomic E-state index is -1.22. The first-order chi connectivity index (χ1) is 6.97. The van der Waals surface area contributed by atoms with Gasteiger partial charge in [0.15, 0.2) is 6.29 Å². The zero-order valence-corrected chi connectivity index (χ0v) is 9.33. The summed E-state index contributed by atoms with van der Waals surface area (Å²) in [6, 6.07) is 0. The highest BCUT2D eigenvalue weighted by Crippen LogP contribution is 2.25. The predicted molar refractivity (Wildman–Crippen MR) is 53.1 cm³/mol. The molecule has 0 aromatic carbocycles. The lowest BCUT2D eigenvalue weighted by molar-refractivity contribution is -0.291. The third-order valence-corrected chi connectivity index (χ3v) is 2.60. The van der Waals surface area contributed by atoms with E-state index in [1.807, 2.05) is 13.8 Å². The molecule has 1 rings (SSSR count). The second-order valence-corrected chi connectivity index (χ2v) is 4.38. The van der Waals surface area contributed by atoms with E-state index in [2.05, 4.69) is 0 Å². The quantitative estimate of drug-likeness (QED) is 0.597. The Kier molecular flexibility index (Phi) is 4.48. The molecule has 3 N–H and O–H groups in total. The van der Waals surface area contributed by atoms with Crippen LogP contribution in [0.1, 0.15) is 20.3 Å². The first-order valence-electron chi connectivity index (χ1n) is 5.19. The fraction of sp³-hybridized carbons (Fsp3) is 1.00. The summed E-state index contributed by atoms with van der Waals surface area (Å²) in [6.07, 6.45) is -4.22. The van der Waals surface area contributed by atoms with Crippen LogP contribution in [0.3, 0.4) is 0 Å². The second kappa shape index (κ2) is 5.23. The van der Waals surface area contributed by atoms with Crippen molar-refractivity contribution in [2.45, 2.75) is 51.0 Å². The Morgan fingerprint density at radius 3 is 2.20 bits per heavy atom. The third kappa shape index (κ3) is 2.89. The molecule has 0 bridgehead atoms. The molecule has 0 aromatic heterocycles. The highest BCUT2D eigenvalue weighted by atomic mass is 16.7. The molecule has 1 saturated heterocycles. The Hall–Kier alpha value is -0.200. The predicted octanol–water partition coefficient (Wildman–Crippen LogP) is -0.514. The number of methoxy groups -OCH3 is 1. The Bertz CT molecular complexity index is 194. The number of rotatable bonds is 3. The summed E-state index contributed by atoms with van der Waals surface area (Å²) in [4.78, 5) is 0. The van der Waals surface area contributed by atoms with E-state index in [4.69, 9.17) is 9.47 Å². The molecule has 2 unspecified atom stereocenters. The van der Waals surface area contributed by atoms with Gasteiger partial charge in [-0.15, -0.1) is 0 Å². The molecule has 0 aliphatic carbocycles. The molecular formula is C10H20O5. The Morgan fingerprint density at radius 1 is 1.13 bits per heavy atom. The SMILES string of the molecule is CO[C@@H]1OC(CC(C)C)[C@H](O)[C@H](O)C1O. The van der Waals surface area contributed by atoms with Gasteiger partial charge in [0.2, 0.25) is 0 Å². The van der Waals surface area contributed by atoms with E-state index in [0.29, 0.717) is 12.3 Å². The Balaban J connectivity index is 2.65. The number of ether oxygens (including phenoxy) is 2. The van der Waals surface area contributed by atoms with Gasteiger partial charge in [0.25, 0.3) is 0 Å². The molecule has 0 radical (unpaired) electrons. The summed E-state index contributed by atoms with van der Waals surface area (Å²) < 4.78 is 10.2. The van der Waals surface area contributed by atoms with Gasteiger partial charge < -0.3 is 24.8 Å². The lowest BCUT2D eigenvalue weighted by Gasteiger charge is -2.40. The lowest BCUT2D eigenvalue weighted by atomic mass is 9.93. The molecule has 1 aliphatic heterocycles. The minimum absolute atomic E-state index is 0.338. The smallest absolute Gasteiger partial charge is 0.186 e. The molecule has 0 spiro atoms. The largest absolute Gasteiger partial charge is 0.388 e. The van der Waals surface area contributed by atoms with E-state index in [0.717, 1.165) is 0 Å². The fourth-order valence-corrected chi connectivity index (χ4v) is 1.77. The van der Waals surface area contributed by atoms with Gasteiger partial charge in [-0.3, -0.25) is 0 Å². The number of aliphatic hydroxyl groups excluding tert-OH is 3. The zero-order valence-electron chi connectivity index (χ0n) is 9.33. The number of hydrogen-bond donors (Lipinski definition) is 3. The van der Waals surface area contributed by atoms with Crippen LogP contribution in [0.25, 0.3) is 0 Å². The van der Waals surface area contributed by atoms with Crippen molar-refractivity contribution in [3.05, 3.63) is 0 Å². The van der Waals surface area contributed by atoms with Crippen molar-refractivity contribution >= 4 is 0 Å². The van der Waals surface area contributed by atoms with Gasteiger partial charge in [-0.1, -0.05) is 13.8 Å². The van der Waals surface area contributed by atoms with Crippen LogP contribution in [-0.4, -0.2) is 53.1 Å². The lowest BCUT2D eigenvalue weighted by Crippen LogP contribution is -2.58. The average Bonchev–Trinajstić information content (AvgIpc) is 2.18. The van der Waals surface area contributed by atoms with E-state index in [-0.39, 0.29) is 0 Å². The summed E-state index contributed by atoms with van der Waals surface area (Å²) in [5, 5.41) is 28.8. The van der Waals surface area contributed by atoms with Gasteiger partial charge in [-0.05, 0) is 12.3 Å². The average molecular weight is 220 g/mol. The summed E-state index contributed by atoms with van der Waals surface area (Å²) >= 11 is 0. The molecule has 0 amide bonds. The standard InChI is InChI=1S/C10H20O5/c1-5(2)4-6-7(11)8(12)9(13)10(14-3)15-6/h5-13H,4H2,1-3H3/t6?,7-,8-,9?,10+/m0/s1. The van der Waals surface area contributed by atoms with Gasteiger partial charge >= 0.3 is 0 Å². The molecule has 5 atom stereocenters. The maximum atomic E-state index is 9.68. The molecule has 1 fully saturated rings. The first kappa shape index (κ1) is 12.9. The Labute approximate surface area is 89.6 Å². The van der Waals surface area contributed by atoms with Crippen LogP contribution in [0, 0.1) is 5.92 Å². The second-order valence-electron chi connectivity index (χ2n) is 4.38. The zero-order chi connectivity index (χ0) is 11.6. The van der Waals surface area contributed by atoms with Gasteiger partial charge in [0, 0.05) is 7.11 Å². The topological polar surface area (TPSA) is 79.2 Å². The van der Waals surface area contributed by atoms with Gasteiger partial charge in [-0.2, -0.15) is 0 Å². The first-order valence-corrected chi connectivity index (χ1v) is 5.19. The molecule has 0 saturated carbocycles. The number of hydrogen-bond acceptors (Lipinski definition) is 5. The van der Waals surface area contributed by atoms with Crippen LogP contribution >= 0.6 is 0 Å². The van der Waals surface area contributed by atoms with E-state index in [9.17, 15) is 15.3 Å². The maximum absolute atomic E-state index is 9.68. The maximum Gasteiger partial charge on any atom is 0.186 e. The van der Waals surface area contributed by atoms with Crippen LogP contribution < -0.4 is 0 Å². The normalized spacial score (nSPS) is 42.2.